The molecule has 2 N–H and O–H groups in total. The Morgan fingerprint density at radius 3 is 2.83 bits per heavy atom. The standard InChI is InChI=1S/C13H24N2O2.ClH/c16-13(12-5-1-2-9-17-12)15-8-6-11-4-3-7-14-10-11;/h11-12,14H,1-10H2,(H,15,16);1H. The molecule has 0 bridgehead atoms. The zero-order valence-corrected chi connectivity index (χ0v) is 11.8. The minimum Gasteiger partial charge on any atom is -0.368 e. The topological polar surface area (TPSA) is 50.4 Å². The average Bonchev–Trinajstić information content (AvgIpc) is 2.41. The van der Waals surface area contributed by atoms with Crippen molar-refractivity contribution in [3.63, 3.8) is 0 Å². The molecule has 0 aliphatic carbocycles. The minimum absolute atomic E-state index is 0. The van der Waals surface area contributed by atoms with E-state index in [1.54, 1.807) is 0 Å². The fourth-order valence-electron chi connectivity index (χ4n) is 2.63. The second-order valence-corrected chi connectivity index (χ2v) is 5.15. The first-order valence-electron chi connectivity index (χ1n) is 6.96. The fourth-order valence-corrected chi connectivity index (χ4v) is 2.63. The highest BCUT2D eigenvalue weighted by molar-refractivity contribution is 5.85. The van der Waals surface area contributed by atoms with Crippen LogP contribution < -0.4 is 10.6 Å². The highest BCUT2D eigenvalue weighted by atomic mass is 35.5. The molecule has 106 valence electrons. The predicted molar refractivity (Wildman–Crippen MR) is 74.1 cm³/mol. The van der Waals surface area contributed by atoms with E-state index in [0.717, 1.165) is 57.8 Å². The van der Waals surface area contributed by atoms with Gasteiger partial charge in [-0.15, -0.1) is 12.4 Å². The van der Waals surface area contributed by atoms with Crippen LogP contribution in [0.1, 0.15) is 38.5 Å². The first kappa shape index (κ1) is 15.7. The molecular weight excluding hydrogens is 252 g/mol. The molecule has 2 unspecified atom stereocenters. The highest BCUT2D eigenvalue weighted by Crippen LogP contribution is 2.14. The molecule has 0 aromatic heterocycles. The maximum atomic E-state index is 11.8. The minimum atomic E-state index is -0.187. The molecule has 2 fully saturated rings. The van der Waals surface area contributed by atoms with E-state index in [4.69, 9.17) is 4.74 Å². The summed E-state index contributed by atoms with van der Waals surface area (Å²) in [6.07, 6.45) is 6.56. The van der Waals surface area contributed by atoms with Gasteiger partial charge in [0.1, 0.15) is 6.10 Å². The van der Waals surface area contributed by atoms with Crippen LogP contribution >= 0.6 is 12.4 Å². The third-order valence-corrected chi connectivity index (χ3v) is 3.72. The van der Waals surface area contributed by atoms with Crippen LogP contribution in [0.3, 0.4) is 0 Å². The second-order valence-electron chi connectivity index (χ2n) is 5.15. The summed E-state index contributed by atoms with van der Waals surface area (Å²) >= 11 is 0. The summed E-state index contributed by atoms with van der Waals surface area (Å²) in [5.74, 6) is 0.824. The number of hydrogen-bond acceptors (Lipinski definition) is 3. The average molecular weight is 277 g/mol. The van der Waals surface area contributed by atoms with Gasteiger partial charge in [0.25, 0.3) is 0 Å². The summed E-state index contributed by atoms with van der Waals surface area (Å²) in [5, 5.41) is 6.41. The number of rotatable bonds is 4. The quantitative estimate of drug-likeness (QED) is 0.818. The number of halogens is 1. The molecule has 2 aliphatic rings. The molecule has 0 aromatic carbocycles. The Hall–Kier alpha value is -0.320. The normalized spacial score (nSPS) is 28.2. The Morgan fingerprint density at radius 1 is 1.28 bits per heavy atom. The molecule has 1 amide bonds. The summed E-state index contributed by atoms with van der Waals surface area (Å²) in [5.41, 5.74) is 0. The van der Waals surface area contributed by atoms with Gasteiger partial charge < -0.3 is 15.4 Å². The molecule has 5 heteroatoms. The fraction of sp³-hybridized carbons (Fsp3) is 0.923. The van der Waals surface area contributed by atoms with Crippen LogP contribution in [0.4, 0.5) is 0 Å². The van der Waals surface area contributed by atoms with Crippen molar-refractivity contribution in [2.45, 2.75) is 44.6 Å². The Morgan fingerprint density at radius 2 is 2.17 bits per heavy atom. The second kappa shape index (κ2) is 8.73. The lowest BCUT2D eigenvalue weighted by Crippen LogP contribution is -2.40. The van der Waals surface area contributed by atoms with Crippen LogP contribution in [-0.4, -0.2) is 38.3 Å². The van der Waals surface area contributed by atoms with Crippen LogP contribution in [0.25, 0.3) is 0 Å². The summed E-state index contributed by atoms with van der Waals surface area (Å²) in [6.45, 7) is 3.80. The number of piperidine rings is 1. The van der Waals surface area contributed by atoms with Crippen molar-refractivity contribution in [1.29, 1.82) is 0 Å². The van der Waals surface area contributed by atoms with E-state index >= 15 is 0 Å². The third-order valence-electron chi connectivity index (χ3n) is 3.72. The van der Waals surface area contributed by atoms with Gasteiger partial charge in [-0.1, -0.05) is 0 Å². The molecule has 2 heterocycles. The number of amides is 1. The monoisotopic (exact) mass is 276 g/mol. The number of carbonyl (C=O) groups excluding carboxylic acids is 1. The first-order chi connectivity index (χ1) is 8.36. The molecule has 2 atom stereocenters. The van der Waals surface area contributed by atoms with Crippen molar-refractivity contribution in [2.24, 2.45) is 5.92 Å². The Balaban J connectivity index is 0.00000162. The van der Waals surface area contributed by atoms with Gasteiger partial charge in [-0.25, -0.2) is 0 Å². The zero-order chi connectivity index (χ0) is 11.9. The largest absolute Gasteiger partial charge is 0.368 e. The van der Waals surface area contributed by atoms with Gasteiger partial charge in [-0.2, -0.15) is 0 Å². The summed E-state index contributed by atoms with van der Waals surface area (Å²) in [7, 11) is 0. The smallest absolute Gasteiger partial charge is 0.249 e. The SMILES string of the molecule is Cl.O=C(NCCC1CCCNC1)C1CCCCO1. The van der Waals surface area contributed by atoms with Crippen molar-refractivity contribution in [1.82, 2.24) is 10.6 Å². The van der Waals surface area contributed by atoms with Crippen molar-refractivity contribution in [3.8, 4) is 0 Å². The molecule has 2 rings (SSSR count). The van der Waals surface area contributed by atoms with E-state index in [2.05, 4.69) is 10.6 Å². The molecular formula is C13H25ClN2O2. The van der Waals surface area contributed by atoms with Crippen molar-refractivity contribution < 1.29 is 9.53 Å². The summed E-state index contributed by atoms with van der Waals surface area (Å²) in [4.78, 5) is 11.8. The predicted octanol–water partition coefficient (Wildman–Crippen LogP) is 1.48. The van der Waals surface area contributed by atoms with Gasteiger partial charge in [0.15, 0.2) is 0 Å². The molecule has 0 saturated carbocycles. The van der Waals surface area contributed by atoms with Gasteiger partial charge >= 0.3 is 0 Å². The molecule has 18 heavy (non-hydrogen) atoms. The third kappa shape index (κ3) is 5.12. The first-order valence-corrected chi connectivity index (χ1v) is 6.96. The molecule has 0 aromatic rings. The van der Waals surface area contributed by atoms with E-state index < -0.39 is 0 Å². The number of nitrogens with one attached hydrogen (secondary N) is 2. The van der Waals surface area contributed by atoms with E-state index in [1.165, 1.54) is 12.8 Å². The van der Waals surface area contributed by atoms with E-state index in [9.17, 15) is 4.79 Å². The van der Waals surface area contributed by atoms with Gasteiger partial charge in [-0.3, -0.25) is 4.79 Å². The summed E-state index contributed by atoms with van der Waals surface area (Å²) in [6, 6.07) is 0. The molecule has 2 saturated heterocycles. The van der Waals surface area contributed by atoms with Gasteiger partial charge in [0.05, 0.1) is 0 Å². The summed E-state index contributed by atoms with van der Waals surface area (Å²) < 4.78 is 5.46. The highest BCUT2D eigenvalue weighted by Gasteiger charge is 2.21. The van der Waals surface area contributed by atoms with Crippen molar-refractivity contribution in [2.75, 3.05) is 26.2 Å². The van der Waals surface area contributed by atoms with Crippen LogP contribution in [0, 0.1) is 5.92 Å². The van der Waals surface area contributed by atoms with Gasteiger partial charge in [-0.05, 0) is 57.5 Å². The van der Waals surface area contributed by atoms with Gasteiger partial charge in [0, 0.05) is 13.2 Å². The zero-order valence-electron chi connectivity index (χ0n) is 11.0. The van der Waals surface area contributed by atoms with E-state index in [-0.39, 0.29) is 24.4 Å². The number of ether oxygens (including phenoxy) is 1. The van der Waals surface area contributed by atoms with Crippen LogP contribution in [0.5, 0.6) is 0 Å². The maximum Gasteiger partial charge on any atom is 0.249 e. The Bertz CT molecular complexity index is 239. The molecule has 0 spiro atoms. The molecule has 2 aliphatic heterocycles. The number of hydrogen-bond donors (Lipinski definition) is 2. The molecule has 4 nitrogen and oxygen atoms in total. The maximum absolute atomic E-state index is 11.8. The lowest BCUT2D eigenvalue weighted by atomic mass is 9.96. The Kier molecular flexibility index (Phi) is 7.63. The van der Waals surface area contributed by atoms with Crippen LogP contribution in [-0.2, 0) is 9.53 Å². The lowest BCUT2D eigenvalue weighted by molar-refractivity contribution is -0.135. The molecule has 0 radical (unpaired) electrons. The van der Waals surface area contributed by atoms with Crippen molar-refractivity contribution in [3.05, 3.63) is 0 Å². The van der Waals surface area contributed by atoms with E-state index in [1.807, 2.05) is 0 Å². The van der Waals surface area contributed by atoms with Crippen LogP contribution in [0.15, 0.2) is 0 Å². The number of carbonyl (C=O) groups is 1. The van der Waals surface area contributed by atoms with Gasteiger partial charge in [0.2, 0.25) is 5.91 Å². The van der Waals surface area contributed by atoms with E-state index in [0.29, 0.717) is 0 Å². The lowest BCUT2D eigenvalue weighted by Gasteiger charge is -2.24. The van der Waals surface area contributed by atoms with Crippen molar-refractivity contribution >= 4 is 18.3 Å². The van der Waals surface area contributed by atoms with Crippen LogP contribution in [0.2, 0.25) is 0 Å². The Labute approximate surface area is 116 Å².